The lowest BCUT2D eigenvalue weighted by molar-refractivity contribution is -0.138. The fourth-order valence-corrected chi connectivity index (χ4v) is 7.38. The molecular weight excluding hydrogens is 647 g/mol. The maximum Gasteiger partial charge on any atom is 0.416 e. The molecule has 3 aromatic heterocycles. The molecule has 0 radical (unpaired) electrons. The molecule has 1 atom stereocenters. The maximum atomic E-state index is 14.2. The summed E-state index contributed by atoms with van der Waals surface area (Å²) < 4.78 is 54.6. The van der Waals surface area contributed by atoms with E-state index in [-0.39, 0.29) is 30.3 Å². The molecule has 2 N–H and O–H groups in total. The van der Waals surface area contributed by atoms with Gasteiger partial charge in [-0.2, -0.15) is 13.2 Å². The number of urea groups is 1. The van der Waals surface area contributed by atoms with Crippen LogP contribution in [-0.2, 0) is 24.0 Å². The summed E-state index contributed by atoms with van der Waals surface area (Å²) >= 11 is 0. The molecule has 50 heavy (non-hydrogen) atoms. The van der Waals surface area contributed by atoms with E-state index in [1.165, 1.54) is 6.07 Å². The van der Waals surface area contributed by atoms with Crippen LogP contribution in [0, 0.1) is 0 Å². The van der Waals surface area contributed by atoms with Gasteiger partial charge < -0.3 is 29.6 Å². The van der Waals surface area contributed by atoms with Crippen molar-refractivity contribution in [3.05, 3.63) is 76.9 Å². The van der Waals surface area contributed by atoms with Gasteiger partial charge in [0.15, 0.2) is 0 Å². The topological polar surface area (TPSA) is 98.9 Å². The van der Waals surface area contributed by atoms with Crippen LogP contribution in [0.5, 0.6) is 11.5 Å². The standard InChI is InChI=1S/C37H44F3N7O3/c1-3-24-22-47(36(48)43-28-6-5-26(31(18-28)37(38,39)40)21-46-13-11-45(4-2)12-14-46)23-27-17-29(20-42-34(24)27)50-33-7-10-41-35-30(33)19-32(44-35)25-8-15-49-16-9-25/h5-7,10,17-20,24-25H,3-4,8-9,11-16,21-23H2,1-2H3,(H,41,44)(H,43,48). The van der Waals surface area contributed by atoms with E-state index >= 15 is 0 Å². The SMILES string of the molecule is CCC1CN(C(=O)Nc2ccc(CN3CCN(CC)CC3)c(C(F)(F)F)c2)Cc2cc(Oc3ccnc4[nH]c(C5CCOCC5)cc34)cnc21. The second-order valence-electron chi connectivity index (χ2n) is 13.5. The van der Waals surface area contributed by atoms with Crippen LogP contribution < -0.4 is 10.1 Å². The van der Waals surface area contributed by atoms with Gasteiger partial charge in [0.1, 0.15) is 17.1 Å². The van der Waals surface area contributed by atoms with E-state index < -0.39 is 17.8 Å². The van der Waals surface area contributed by atoms with Crippen LogP contribution in [-0.4, -0.2) is 88.2 Å². The second kappa shape index (κ2) is 14.6. The van der Waals surface area contributed by atoms with Crippen LogP contribution in [0.15, 0.2) is 48.8 Å². The van der Waals surface area contributed by atoms with E-state index in [4.69, 9.17) is 14.5 Å². The molecule has 1 unspecified atom stereocenters. The fourth-order valence-electron chi connectivity index (χ4n) is 7.38. The summed E-state index contributed by atoms with van der Waals surface area (Å²) in [5.41, 5.74) is 3.21. The van der Waals surface area contributed by atoms with Crippen LogP contribution in [0.2, 0.25) is 0 Å². The summed E-state index contributed by atoms with van der Waals surface area (Å²) in [6.45, 7) is 10.5. The minimum Gasteiger partial charge on any atom is -0.455 e. The number of halogens is 3. The third kappa shape index (κ3) is 7.45. The molecule has 6 heterocycles. The van der Waals surface area contributed by atoms with Gasteiger partial charge in [-0.3, -0.25) is 9.88 Å². The number of benzene rings is 1. The number of aromatic nitrogens is 3. The number of aromatic amines is 1. The molecule has 10 nitrogen and oxygen atoms in total. The van der Waals surface area contributed by atoms with E-state index in [1.54, 1.807) is 23.4 Å². The van der Waals surface area contributed by atoms with Gasteiger partial charge in [-0.05, 0) is 67.3 Å². The predicted octanol–water partition coefficient (Wildman–Crippen LogP) is 7.34. The Balaban J connectivity index is 1.06. The summed E-state index contributed by atoms with van der Waals surface area (Å²) in [6, 6.07) is 9.49. The van der Waals surface area contributed by atoms with Crippen molar-refractivity contribution in [2.45, 2.75) is 64.2 Å². The van der Waals surface area contributed by atoms with Crippen molar-refractivity contribution >= 4 is 22.8 Å². The monoisotopic (exact) mass is 691 g/mol. The molecule has 3 aliphatic heterocycles. The summed E-state index contributed by atoms with van der Waals surface area (Å²) in [7, 11) is 0. The number of anilines is 1. The average molecular weight is 692 g/mol. The van der Waals surface area contributed by atoms with Crippen LogP contribution >= 0.6 is 0 Å². The van der Waals surface area contributed by atoms with E-state index in [2.05, 4.69) is 38.1 Å². The first kappa shape index (κ1) is 34.3. The number of H-pyrrole nitrogens is 1. The third-order valence-electron chi connectivity index (χ3n) is 10.3. The van der Waals surface area contributed by atoms with Gasteiger partial charge in [0.25, 0.3) is 0 Å². The Hall–Kier alpha value is -4.20. The smallest absolute Gasteiger partial charge is 0.416 e. The highest BCUT2D eigenvalue weighted by molar-refractivity contribution is 5.89. The lowest BCUT2D eigenvalue weighted by atomic mass is 9.92. The summed E-state index contributed by atoms with van der Waals surface area (Å²) in [5.74, 6) is 1.53. The molecule has 2 saturated heterocycles. The molecule has 0 saturated carbocycles. The number of carbonyl (C=O) groups excluding carboxylic acids is 1. The Labute approximate surface area is 290 Å². The average Bonchev–Trinajstić information content (AvgIpc) is 3.57. The number of hydrogen-bond acceptors (Lipinski definition) is 7. The summed E-state index contributed by atoms with van der Waals surface area (Å²) in [4.78, 5) is 32.3. The van der Waals surface area contributed by atoms with Gasteiger partial charge in [0, 0.05) is 88.4 Å². The van der Waals surface area contributed by atoms with Crippen molar-refractivity contribution in [1.82, 2.24) is 29.7 Å². The predicted molar refractivity (Wildman–Crippen MR) is 184 cm³/mol. The molecule has 0 bridgehead atoms. The molecule has 2 amide bonds. The Kier molecular flexibility index (Phi) is 9.98. The van der Waals surface area contributed by atoms with Crippen molar-refractivity contribution in [2.75, 3.05) is 57.8 Å². The molecule has 0 spiro atoms. The summed E-state index contributed by atoms with van der Waals surface area (Å²) in [6.07, 6.45) is 1.51. The third-order valence-corrected chi connectivity index (χ3v) is 10.3. The van der Waals surface area contributed by atoms with E-state index in [0.717, 1.165) is 99.3 Å². The highest BCUT2D eigenvalue weighted by atomic mass is 19.4. The number of hydrogen-bond donors (Lipinski definition) is 2. The number of fused-ring (bicyclic) bond motifs is 2. The van der Waals surface area contributed by atoms with Crippen molar-refractivity contribution < 1.29 is 27.4 Å². The van der Waals surface area contributed by atoms with Crippen molar-refractivity contribution in [3.8, 4) is 11.5 Å². The summed E-state index contributed by atoms with van der Waals surface area (Å²) in [5, 5.41) is 3.62. The van der Waals surface area contributed by atoms with Crippen molar-refractivity contribution in [3.63, 3.8) is 0 Å². The van der Waals surface area contributed by atoms with Crippen molar-refractivity contribution in [1.29, 1.82) is 0 Å². The van der Waals surface area contributed by atoms with Crippen LogP contribution in [0.3, 0.4) is 0 Å². The first-order valence-corrected chi connectivity index (χ1v) is 17.6. The zero-order chi connectivity index (χ0) is 34.8. The number of pyridine rings is 2. The zero-order valence-electron chi connectivity index (χ0n) is 28.6. The molecule has 4 aromatic rings. The van der Waals surface area contributed by atoms with E-state index in [9.17, 15) is 18.0 Å². The Morgan fingerprint density at radius 1 is 1.04 bits per heavy atom. The minimum atomic E-state index is -4.55. The van der Waals surface area contributed by atoms with E-state index in [0.29, 0.717) is 24.0 Å². The number of amides is 2. The number of likely N-dealkylation sites (N-methyl/N-ethyl adjacent to an activating group) is 1. The lowest BCUT2D eigenvalue weighted by Gasteiger charge is -2.34. The van der Waals surface area contributed by atoms with Crippen molar-refractivity contribution in [2.24, 2.45) is 0 Å². The number of nitrogens with zero attached hydrogens (tertiary/aromatic N) is 5. The molecule has 3 aliphatic rings. The Morgan fingerprint density at radius 3 is 2.56 bits per heavy atom. The molecule has 266 valence electrons. The number of carbonyl (C=O) groups is 1. The highest BCUT2D eigenvalue weighted by Gasteiger charge is 2.35. The molecule has 2 fully saturated rings. The number of piperazine rings is 1. The fraction of sp³-hybridized carbons (Fsp3) is 0.486. The second-order valence-corrected chi connectivity index (χ2v) is 13.5. The Morgan fingerprint density at radius 2 is 1.82 bits per heavy atom. The van der Waals surface area contributed by atoms with Gasteiger partial charge in [-0.25, -0.2) is 9.78 Å². The van der Waals surface area contributed by atoms with Crippen LogP contribution in [0.25, 0.3) is 11.0 Å². The first-order chi connectivity index (χ1) is 24.2. The van der Waals surface area contributed by atoms with Gasteiger partial charge in [0.05, 0.1) is 22.8 Å². The molecule has 7 rings (SSSR count). The lowest BCUT2D eigenvalue weighted by Crippen LogP contribution is -2.45. The highest BCUT2D eigenvalue weighted by Crippen LogP contribution is 2.38. The number of alkyl halides is 3. The first-order valence-electron chi connectivity index (χ1n) is 17.6. The Bertz CT molecular complexity index is 1820. The molecule has 0 aliphatic carbocycles. The molecule has 1 aromatic carbocycles. The quantitative estimate of drug-likeness (QED) is 0.200. The van der Waals surface area contributed by atoms with Gasteiger partial charge in [0.2, 0.25) is 0 Å². The zero-order valence-corrected chi connectivity index (χ0v) is 28.6. The molecule has 13 heteroatoms. The van der Waals surface area contributed by atoms with Crippen LogP contribution in [0.4, 0.5) is 23.7 Å². The minimum absolute atomic E-state index is 0.0285. The van der Waals surface area contributed by atoms with Gasteiger partial charge in [-0.1, -0.05) is 19.9 Å². The molecular formula is C37H44F3N7O3. The van der Waals surface area contributed by atoms with E-state index in [1.807, 2.05) is 19.1 Å². The maximum absolute atomic E-state index is 14.2. The normalized spacial score (nSPS) is 19.5. The number of rotatable bonds is 8. The number of nitrogens with one attached hydrogen (secondary N) is 2. The van der Waals surface area contributed by atoms with Crippen LogP contribution in [0.1, 0.15) is 73.0 Å². The van der Waals surface area contributed by atoms with Gasteiger partial charge >= 0.3 is 12.2 Å². The largest absolute Gasteiger partial charge is 0.455 e. The number of ether oxygens (including phenoxy) is 2. The van der Waals surface area contributed by atoms with Gasteiger partial charge in [-0.15, -0.1) is 0 Å².